The van der Waals surface area contributed by atoms with Gasteiger partial charge in [0.25, 0.3) is 0 Å². The summed E-state index contributed by atoms with van der Waals surface area (Å²) in [7, 11) is 12.4. The first-order valence-corrected chi connectivity index (χ1v) is 9.88. The van der Waals surface area contributed by atoms with Crippen LogP contribution in [0, 0.1) is 0 Å². The monoisotopic (exact) mass is 443 g/mol. The Morgan fingerprint density at radius 3 is 2.16 bits per heavy atom. The summed E-state index contributed by atoms with van der Waals surface area (Å²) in [5.74, 6) is -3.26. The molecule has 13 heteroatoms. The van der Waals surface area contributed by atoms with Crippen LogP contribution in [0.1, 0.15) is 16.7 Å². The lowest BCUT2D eigenvalue weighted by Crippen LogP contribution is -2.40. The number of alkyl halides is 3. The molecule has 0 aromatic heterocycles. The van der Waals surface area contributed by atoms with Gasteiger partial charge < -0.3 is 14.7 Å². The van der Waals surface area contributed by atoms with Gasteiger partial charge in [-0.3, -0.25) is 4.79 Å². The summed E-state index contributed by atoms with van der Waals surface area (Å²) in [4.78, 5) is 12.8. The van der Waals surface area contributed by atoms with Crippen molar-refractivity contribution in [2.75, 3.05) is 0 Å². The number of Topliss-reactive ketones (excluding diaryl/α,β-unsaturated/α-hetero) is 1. The normalized spacial score (nSPS) is 19.9. The van der Waals surface area contributed by atoms with Crippen molar-refractivity contribution in [1.82, 2.24) is 0 Å². The molecule has 3 rings (SSSR count). The second-order valence-corrected chi connectivity index (χ2v) is 8.39. The Morgan fingerprint density at radius 1 is 1.00 bits per heavy atom. The van der Waals surface area contributed by atoms with Crippen LogP contribution >= 0.6 is 0 Å². The van der Waals surface area contributed by atoms with Gasteiger partial charge in [0, 0.05) is 0 Å². The van der Waals surface area contributed by atoms with Crippen LogP contribution in [0.5, 0.6) is 0 Å². The Morgan fingerprint density at radius 2 is 1.58 bits per heavy atom. The van der Waals surface area contributed by atoms with Crippen LogP contribution in [0.25, 0.3) is 0 Å². The second-order valence-electron chi connectivity index (χ2n) is 6.64. The highest BCUT2D eigenvalue weighted by Crippen LogP contribution is 2.39. The van der Waals surface area contributed by atoms with Crippen LogP contribution in [0.15, 0.2) is 66.2 Å². The number of hydrogen-bond acceptors (Lipinski definition) is 6. The Labute approximate surface area is 179 Å². The quantitative estimate of drug-likeness (QED) is 0.553. The summed E-state index contributed by atoms with van der Waals surface area (Å²) in [5, 5.41) is 0. The minimum absolute atomic E-state index is 0.0718. The van der Waals surface area contributed by atoms with E-state index in [1.165, 1.54) is 24.3 Å². The van der Waals surface area contributed by atoms with E-state index in [0.29, 0.717) is 6.07 Å². The summed E-state index contributed by atoms with van der Waals surface area (Å²) in [6.07, 6.45) is -4.73. The number of nitrogens with two attached hydrogens (primary N) is 1. The number of benzene rings is 2. The number of ether oxygens (including phenoxy) is 1. The Kier molecular flexibility index (Phi) is 5.46. The lowest BCUT2D eigenvalue weighted by molar-refractivity contribution is -0.138. The number of halogens is 3. The predicted molar refractivity (Wildman–Crippen MR) is 106 cm³/mol. The molecular weight excluding hydrogens is 432 g/mol. The van der Waals surface area contributed by atoms with Crippen molar-refractivity contribution in [3.8, 4) is 0 Å². The third kappa shape index (κ3) is 3.94. The van der Waals surface area contributed by atoms with E-state index in [-0.39, 0.29) is 5.56 Å². The molecule has 0 spiro atoms. The van der Waals surface area contributed by atoms with Gasteiger partial charge in [-0.15, -0.1) is 0 Å². The third-order valence-corrected chi connectivity index (χ3v) is 5.94. The summed E-state index contributed by atoms with van der Waals surface area (Å²) in [6, 6.07) is 10.5. The standard InChI is InChI=1S/C18H11B3F3NO5S/c19-16(11-7-4-8-12(9-11)18(22,23)24)14(26)13(15(25)29-16)30-31(27,28)17(20,21)10-5-2-1-3-6-10/h1-9H,25H2/t16-/m1/s1. The molecule has 6 nitrogen and oxygen atoms in total. The molecule has 1 atom stereocenters. The molecule has 0 amide bonds. The van der Waals surface area contributed by atoms with Crippen LogP contribution in [0.4, 0.5) is 13.2 Å². The zero-order valence-electron chi connectivity index (χ0n) is 15.6. The van der Waals surface area contributed by atoms with E-state index in [2.05, 4.69) is 0 Å². The minimum atomic E-state index is -4.94. The average molecular weight is 443 g/mol. The molecule has 2 aromatic carbocycles. The number of hydrogen-bond donors (Lipinski definition) is 1. The van der Waals surface area contributed by atoms with E-state index in [9.17, 15) is 26.4 Å². The van der Waals surface area contributed by atoms with Gasteiger partial charge in [-0.2, -0.15) is 21.6 Å². The van der Waals surface area contributed by atoms with Gasteiger partial charge in [-0.25, -0.2) is 0 Å². The van der Waals surface area contributed by atoms with Crippen molar-refractivity contribution in [3.63, 3.8) is 0 Å². The SMILES string of the molecule is [B]C([B])(c1ccccc1)S(=O)(=O)OC1=C(N)O[C@]([B])(c2cccc(C(F)(F)F)c2)C1=O. The molecule has 1 aliphatic heterocycles. The molecule has 0 aliphatic carbocycles. The Bertz CT molecular complexity index is 1170. The van der Waals surface area contributed by atoms with Gasteiger partial charge >= 0.3 is 16.3 Å². The fraction of sp³-hybridized carbons (Fsp3) is 0.167. The van der Waals surface area contributed by atoms with Crippen molar-refractivity contribution >= 4 is 39.4 Å². The molecule has 2 N–H and O–H groups in total. The molecule has 0 fully saturated rings. The number of rotatable bonds is 5. The fourth-order valence-corrected chi connectivity index (χ4v) is 3.70. The zero-order chi connectivity index (χ0) is 23.2. The summed E-state index contributed by atoms with van der Waals surface area (Å²) in [6.45, 7) is 0. The van der Waals surface area contributed by atoms with Gasteiger partial charge in [-0.1, -0.05) is 42.5 Å². The van der Waals surface area contributed by atoms with E-state index in [4.69, 9.17) is 38.2 Å². The largest absolute Gasteiger partial charge is 0.467 e. The van der Waals surface area contributed by atoms with E-state index < -0.39 is 54.9 Å². The minimum Gasteiger partial charge on any atom is -0.467 e. The van der Waals surface area contributed by atoms with E-state index in [0.717, 1.165) is 18.2 Å². The van der Waals surface area contributed by atoms with Gasteiger partial charge in [-0.05, 0) is 23.3 Å². The van der Waals surface area contributed by atoms with Gasteiger partial charge in [0.1, 0.15) is 7.85 Å². The van der Waals surface area contributed by atoms with Gasteiger partial charge in [0.15, 0.2) is 5.50 Å². The summed E-state index contributed by atoms with van der Waals surface area (Å²) >= 11 is 0. The molecule has 0 saturated carbocycles. The molecular formula is C18H11B3F3NO5S. The van der Waals surface area contributed by atoms with E-state index in [1.54, 1.807) is 6.07 Å². The van der Waals surface area contributed by atoms with Crippen LogP contribution < -0.4 is 5.73 Å². The number of carbonyl (C=O) groups excluding carboxylic acids is 1. The topological polar surface area (TPSA) is 95.7 Å². The maximum atomic E-state index is 13.0. The molecule has 0 bridgehead atoms. The number of carbonyl (C=O) groups is 1. The van der Waals surface area contributed by atoms with Crippen molar-refractivity contribution < 1.29 is 35.3 Å². The van der Waals surface area contributed by atoms with Crippen molar-refractivity contribution in [2.24, 2.45) is 5.73 Å². The molecule has 154 valence electrons. The zero-order valence-corrected chi connectivity index (χ0v) is 16.4. The molecule has 0 unspecified atom stereocenters. The maximum Gasteiger partial charge on any atom is 0.416 e. The lowest BCUT2D eigenvalue weighted by atomic mass is 9.65. The predicted octanol–water partition coefficient (Wildman–Crippen LogP) is 1.25. The van der Waals surface area contributed by atoms with Gasteiger partial charge in [0.2, 0.25) is 17.4 Å². The molecule has 31 heavy (non-hydrogen) atoms. The first kappa shape index (κ1) is 22.9. The Hall–Kier alpha value is -2.82. The molecule has 1 aliphatic rings. The van der Waals surface area contributed by atoms with E-state index in [1.807, 2.05) is 0 Å². The fourth-order valence-electron chi connectivity index (χ4n) is 2.76. The first-order chi connectivity index (χ1) is 14.2. The Balaban J connectivity index is 1.95. The van der Waals surface area contributed by atoms with Gasteiger partial charge in [0.05, 0.1) is 25.8 Å². The average Bonchev–Trinajstić information content (AvgIpc) is 2.92. The summed E-state index contributed by atoms with van der Waals surface area (Å²) < 4.78 is 71.6. The molecule has 6 radical (unpaired) electrons. The van der Waals surface area contributed by atoms with Crippen LogP contribution in [0.2, 0.25) is 0 Å². The molecule has 2 aromatic rings. The highest BCUT2D eigenvalue weighted by atomic mass is 32.2. The highest BCUT2D eigenvalue weighted by molar-refractivity contribution is 7.90. The third-order valence-electron chi connectivity index (χ3n) is 4.49. The van der Waals surface area contributed by atoms with Crippen molar-refractivity contribution in [3.05, 3.63) is 82.9 Å². The van der Waals surface area contributed by atoms with Crippen molar-refractivity contribution in [1.29, 1.82) is 0 Å². The van der Waals surface area contributed by atoms with Crippen LogP contribution in [-0.4, -0.2) is 37.7 Å². The van der Waals surface area contributed by atoms with Crippen LogP contribution in [0.3, 0.4) is 0 Å². The highest BCUT2D eigenvalue weighted by Gasteiger charge is 2.50. The summed E-state index contributed by atoms with van der Waals surface area (Å²) in [5.41, 5.74) is 1.38. The van der Waals surface area contributed by atoms with Crippen molar-refractivity contribution in [2.45, 2.75) is 16.2 Å². The number of ketones is 1. The first-order valence-electron chi connectivity index (χ1n) is 8.47. The lowest BCUT2D eigenvalue weighted by Gasteiger charge is -2.26. The molecule has 0 saturated heterocycles. The second kappa shape index (κ2) is 7.40. The smallest absolute Gasteiger partial charge is 0.416 e. The molecule has 1 heterocycles. The maximum absolute atomic E-state index is 13.0. The van der Waals surface area contributed by atoms with Crippen LogP contribution in [-0.2, 0) is 40.1 Å². The van der Waals surface area contributed by atoms with E-state index >= 15 is 0 Å².